The molecule has 0 bridgehead atoms. The Labute approximate surface area is 227 Å². The van der Waals surface area contributed by atoms with Gasteiger partial charge in [-0.1, -0.05) is 37.3 Å². The van der Waals surface area contributed by atoms with Gasteiger partial charge < -0.3 is 24.8 Å². The lowest BCUT2D eigenvalue weighted by atomic mass is 10.0. The topological polar surface area (TPSA) is 149 Å². The highest BCUT2D eigenvalue weighted by Crippen LogP contribution is 2.36. The summed E-state index contributed by atoms with van der Waals surface area (Å²) in [6.45, 7) is 1.93. The predicted molar refractivity (Wildman–Crippen MR) is 145 cm³/mol. The van der Waals surface area contributed by atoms with Crippen molar-refractivity contribution in [3.63, 3.8) is 0 Å². The van der Waals surface area contributed by atoms with Crippen molar-refractivity contribution in [2.75, 3.05) is 31.0 Å². The van der Waals surface area contributed by atoms with Crippen molar-refractivity contribution in [3.05, 3.63) is 60.2 Å². The monoisotopic (exact) mass is 550 g/mol. The first-order valence-electron chi connectivity index (χ1n) is 11.9. The van der Waals surface area contributed by atoms with E-state index in [0.717, 1.165) is 11.8 Å². The van der Waals surface area contributed by atoms with Crippen LogP contribution in [0.3, 0.4) is 0 Å². The van der Waals surface area contributed by atoms with Crippen LogP contribution in [0.4, 0.5) is 16.2 Å². The standard InChI is InChI=1S/C26H26N6O6S/c1-4-14-38-22(33)15-32-25(28-29-30-32)39-26(36)31(2)20-10-7-8-17-16(20)12-13-18(23(17)34)24(35)27-19-9-5-6-11-21(19)37-3/h5-13,34H,4,14-15H2,1-3H3,(H,27,35). The number of carbonyl (C=O) groups excluding carboxylic acids is 3. The van der Waals surface area contributed by atoms with Crippen molar-refractivity contribution >= 4 is 51.0 Å². The van der Waals surface area contributed by atoms with Crippen LogP contribution >= 0.6 is 11.8 Å². The molecule has 2 N–H and O–H groups in total. The number of hydrogen-bond acceptors (Lipinski definition) is 10. The number of phenolic OH excluding ortho intramolecular Hbond substituents is 1. The van der Waals surface area contributed by atoms with E-state index >= 15 is 0 Å². The molecule has 0 aliphatic carbocycles. The van der Waals surface area contributed by atoms with Gasteiger partial charge in [-0.25, -0.2) is 4.68 Å². The Bertz CT molecular complexity index is 1520. The Balaban J connectivity index is 1.55. The number of rotatable bonds is 9. The molecule has 2 amide bonds. The first-order chi connectivity index (χ1) is 18.8. The van der Waals surface area contributed by atoms with E-state index in [9.17, 15) is 19.5 Å². The van der Waals surface area contributed by atoms with Crippen LogP contribution < -0.4 is 15.0 Å². The van der Waals surface area contributed by atoms with Crippen LogP contribution in [-0.2, 0) is 16.1 Å². The molecule has 0 spiro atoms. The van der Waals surface area contributed by atoms with Gasteiger partial charge in [0.25, 0.3) is 11.1 Å². The van der Waals surface area contributed by atoms with E-state index in [4.69, 9.17) is 9.47 Å². The molecule has 3 aromatic carbocycles. The molecule has 39 heavy (non-hydrogen) atoms. The van der Waals surface area contributed by atoms with Crippen molar-refractivity contribution in [2.24, 2.45) is 0 Å². The molecule has 1 heterocycles. The number of tetrazole rings is 1. The molecule has 202 valence electrons. The second kappa shape index (κ2) is 12.3. The minimum atomic E-state index is -0.520. The third-order valence-corrected chi connectivity index (χ3v) is 6.59. The number of aromatic hydroxyl groups is 1. The Morgan fingerprint density at radius 2 is 1.87 bits per heavy atom. The van der Waals surface area contributed by atoms with Gasteiger partial charge in [0.2, 0.25) is 5.16 Å². The van der Waals surface area contributed by atoms with E-state index in [0.29, 0.717) is 34.3 Å². The second-order valence-electron chi connectivity index (χ2n) is 8.25. The zero-order valence-corrected chi connectivity index (χ0v) is 22.3. The van der Waals surface area contributed by atoms with E-state index in [1.54, 1.807) is 55.6 Å². The van der Waals surface area contributed by atoms with Crippen LogP contribution in [-0.4, -0.2) is 63.2 Å². The number of fused-ring (bicyclic) bond motifs is 1. The minimum Gasteiger partial charge on any atom is -0.506 e. The maximum Gasteiger partial charge on any atom is 0.327 e. The number of nitrogens with zero attached hydrogens (tertiary/aromatic N) is 5. The summed E-state index contributed by atoms with van der Waals surface area (Å²) in [6, 6.07) is 15.1. The number of para-hydroxylation sites is 2. The van der Waals surface area contributed by atoms with E-state index in [-0.39, 0.29) is 29.6 Å². The van der Waals surface area contributed by atoms with Crippen molar-refractivity contribution in [1.82, 2.24) is 20.2 Å². The Morgan fingerprint density at radius 3 is 2.64 bits per heavy atom. The van der Waals surface area contributed by atoms with Crippen LogP contribution in [0.5, 0.6) is 11.5 Å². The smallest absolute Gasteiger partial charge is 0.327 e. The Kier molecular flexibility index (Phi) is 8.61. The Hall–Kier alpha value is -4.65. The van der Waals surface area contributed by atoms with Crippen molar-refractivity contribution in [1.29, 1.82) is 0 Å². The van der Waals surface area contributed by atoms with Gasteiger partial charge in [0.15, 0.2) is 0 Å². The van der Waals surface area contributed by atoms with Gasteiger partial charge in [-0.2, -0.15) is 0 Å². The van der Waals surface area contributed by atoms with Gasteiger partial charge in [0.1, 0.15) is 18.0 Å². The SMILES string of the molecule is CCCOC(=O)Cn1nnnc1SC(=O)N(C)c1cccc2c(O)c(C(=O)Nc3ccccc3OC)ccc12. The zero-order valence-electron chi connectivity index (χ0n) is 21.5. The second-order valence-corrected chi connectivity index (χ2v) is 9.17. The lowest BCUT2D eigenvalue weighted by molar-refractivity contribution is -0.144. The number of esters is 1. The van der Waals surface area contributed by atoms with Crippen molar-refractivity contribution in [2.45, 2.75) is 25.0 Å². The number of benzene rings is 3. The van der Waals surface area contributed by atoms with Crippen LogP contribution in [0.15, 0.2) is 59.8 Å². The summed E-state index contributed by atoms with van der Waals surface area (Å²) in [5.41, 5.74) is 1.00. The summed E-state index contributed by atoms with van der Waals surface area (Å²) in [6.07, 6.45) is 0.681. The van der Waals surface area contributed by atoms with Crippen LogP contribution in [0.1, 0.15) is 23.7 Å². The molecular formula is C26H26N6O6S. The summed E-state index contributed by atoms with van der Waals surface area (Å²) in [4.78, 5) is 39.4. The number of methoxy groups -OCH3 is 1. The predicted octanol–water partition coefficient (Wildman–Crippen LogP) is 4.09. The number of anilines is 2. The number of aromatic nitrogens is 4. The highest BCUT2D eigenvalue weighted by Gasteiger charge is 2.22. The van der Waals surface area contributed by atoms with Gasteiger partial charge in [-0.3, -0.25) is 14.4 Å². The van der Waals surface area contributed by atoms with E-state index < -0.39 is 17.1 Å². The maximum absolute atomic E-state index is 13.1. The van der Waals surface area contributed by atoms with Gasteiger partial charge in [-0.05, 0) is 41.1 Å². The highest BCUT2D eigenvalue weighted by molar-refractivity contribution is 8.13. The number of nitrogens with one attached hydrogen (secondary N) is 1. The molecule has 0 saturated carbocycles. The van der Waals surface area contributed by atoms with E-state index in [1.807, 2.05) is 6.92 Å². The summed E-state index contributed by atoms with van der Waals surface area (Å²) < 4.78 is 11.5. The van der Waals surface area contributed by atoms with Crippen molar-refractivity contribution in [3.8, 4) is 11.5 Å². The van der Waals surface area contributed by atoms with E-state index in [2.05, 4.69) is 20.8 Å². The number of phenols is 1. The zero-order chi connectivity index (χ0) is 27.9. The molecule has 0 unspecified atom stereocenters. The average molecular weight is 551 g/mol. The van der Waals surface area contributed by atoms with Crippen LogP contribution in [0.2, 0.25) is 0 Å². The summed E-state index contributed by atoms with van der Waals surface area (Å²) in [5, 5.41) is 25.5. The maximum atomic E-state index is 13.1. The largest absolute Gasteiger partial charge is 0.506 e. The third-order valence-electron chi connectivity index (χ3n) is 5.67. The number of ether oxygens (including phenoxy) is 2. The number of carbonyl (C=O) groups is 3. The number of thioether (sulfide) groups is 1. The Morgan fingerprint density at radius 1 is 1.08 bits per heavy atom. The van der Waals surface area contributed by atoms with Crippen LogP contribution in [0.25, 0.3) is 10.8 Å². The molecular weight excluding hydrogens is 524 g/mol. The lowest BCUT2D eigenvalue weighted by Gasteiger charge is -2.19. The van der Waals surface area contributed by atoms with Gasteiger partial charge in [0.05, 0.1) is 30.7 Å². The first-order valence-corrected chi connectivity index (χ1v) is 12.7. The van der Waals surface area contributed by atoms with Gasteiger partial charge in [-0.15, -0.1) is 5.10 Å². The molecule has 0 atom stereocenters. The molecule has 4 rings (SSSR count). The molecule has 0 aliphatic rings. The van der Waals surface area contributed by atoms with Gasteiger partial charge in [0, 0.05) is 29.6 Å². The molecule has 0 fully saturated rings. The summed E-state index contributed by atoms with van der Waals surface area (Å²) >= 11 is 0.739. The van der Waals surface area contributed by atoms with E-state index in [1.165, 1.54) is 22.8 Å². The molecule has 4 aromatic rings. The molecule has 0 aliphatic heterocycles. The fourth-order valence-electron chi connectivity index (χ4n) is 3.74. The number of amides is 2. The quantitative estimate of drug-likeness (QED) is 0.230. The van der Waals surface area contributed by atoms with Crippen molar-refractivity contribution < 1.29 is 29.0 Å². The summed E-state index contributed by atoms with van der Waals surface area (Å²) in [7, 11) is 3.06. The highest BCUT2D eigenvalue weighted by atomic mass is 32.2. The first kappa shape index (κ1) is 27.4. The van der Waals surface area contributed by atoms with Gasteiger partial charge >= 0.3 is 5.97 Å². The normalized spacial score (nSPS) is 10.7. The molecule has 13 heteroatoms. The number of hydrogen-bond donors (Lipinski definition) is 2. The average Bonchev–Trinajstić information content (AvgIpc) is 3.37. The molecule has 0 saturated heterocycles. The lowest BCUT2D eigenvalue weighted by Crippen LogP contribution is -2.23. The third kappa shape index (κ3) is 6.09. The van der Waals surface area contributed by atoms with Crippen LogP contribution in [0, 0.1) is 0 Å². The molecule has 0 radical (unpaired) electrons. The molecule has 12 nitrogen and oxygen atoms in total. The fraction of sp³-hybridized carbons (Fsp3) is 0.231. The summed E-state index contributed by atoms with van der Waals surface area (Å²) in [5.74, 6) is -0.782. The fourth-order valence-corrected chi connectivity index (χ4v) is 4.41. The minimum absolute atomic E-state index is 0.0584. The molecule has 1 aromatic heterocycles.